The predicted molar refractivity (Wildman–Crippen MR) is 77.9 cm³/mol. The zero-order valence-electron chi connectivity index (χ0n) is 10.9. The van der Waals surface area contributed by atoms with E-state index in [9.17, 15) is 13.6 Å². The Morgan fingerprint density at radius 3 is 2.55 bits per heavy atom. The van der Waals surface area contributed by atoms with Crippen LogP contribution in [0.4, 0.5) is 8.78 Å². The van der Waals surface area contributed by atoms with E-state index in [1.807, 2.05) is 31.2 Å². The lowest BCUT2D eigenvalue weighted by Crippen LogP contribution is -2.08. The van der Waals surface area contributed by atoms with Crippen molar-refractivity contribution in [2.24, 2.45) is 0 Å². The molecule has 0 saturated carbocycles. The van der Waals surface area contributed by atoms with E-state index in [2.05, 4.69) is 15.9 Å². The molecule has 0 spiro atoms. The average molecular weight is 339 g/mol. The van der Waals surface area contributed by atoms with E-state index in [1.54, 1.807) is 0 Å². The third kappa shape index (κ3) is 3.12. The van der Waals surface area contributed by atoms with Crippen LogP contribution >= 0.6 is 15.9 Å². The van der Waals surface area contributed by atoms with Gasteiger partial charge in [0, 0.05) is 6.42 Å². The van der Waals surface area contributed by atoms with Gasteiger partial charge in [-0.25, -0.2) is 8.78 Å². The molecule has 104 valence electrons. The molecule has 20 heavy (non-hydrogen) atoms. The van der Waals surface area contributed by atoms with Gasteiger partial charge in [0.25, 0.3) is 0 Å². The molecule has 0 amide bonds. The van der Waals surface area contributed by atoms with Crippen molar-refractivity contribution in [1.82, 2.24) is 0 Å². The molecule has 0 aliphatic rings. The zero-order valence-corrected chi connectivity index (χ0v) is 12.5. The number of carbonyl (C=O) groups is 1. The van der Waals surface area contributed by atoms with Gasteiger partial charge in [-0.15, -0.1) is 0 Å². The molecule has 0 heterocycles. The van der Waals surface area contributed by atoms with Crippen LogP contribution in [-0.2, 0) is 6.42 Å². The second kappa shape index (κ2) is 6.27. The summed E-state index contributed by atoms with van der Waals surface area (Å²) in [6.07, 6.45) is 0.548. The molecule has 2 aromatic rings. The van der Waals surface area contributed by atoms with Crippen LogP contribution in [0.5, 0.6) is 0 Å². The highest BCUT2D eigenvalue weighted by molar-refractivity contribution is 9.10. The fourth-order valence-corrected chi connectivity index (χ4v) is 2.38. The number of aryl methyl sites for hydroxylation is 2. The highest BCUT2D eigenvalue weighted by Gasteiger charge is 2.19. The van der Waals surface area contributed by atoms with Crippen LogP contribution in [-0.4, -0.2) is 5.78 Å². The van der Waals surface area contributed by atoms with Crippen molar-refractivity contribution in [2.45, 2.75) is 19.8 Å². The molecule has 2 rings (SSSR count). The number of hydrogen-bond acceptors (Lipinski definition) is 1. The van der Waals surface area contributed by atoms with Crippen LogP contribution in [0.3, 0.4) is 0 Å². The van der Waals surface area contributed by atoms with Gasteiger partial charge in [-0.1, -0.05) is 24.3 Å². The first-order valence-electron chi connectivity index (χ1n) is 6.22. The second-order valence-corrected chi connectivity index (χ2v) is 5.42. The summed E-state index contributed by atoms with van der Waals surface area (Å²) in [6.45, 7) is 1.94. The zero-order chi connectivity index (χ0) is 14.7. The van der Waals surface area contributed by atoms with E-state index < -0.39 is 23.0 Å². The molecule has 0 N–H and O–H groups in total. The van der Waals surface area contributed by atoms with Crippen molar-refractivity contribution in [3.05, 3.63) is 69.2 Å². The molecule has 1 nitrogen and oxygen atoms in total. The SMILES string of the molecule is Cc1ccccc1CCC(=O)c1c(F)ccc(Br)c1F. The summed E-state index contributed by atoms with van der Waals surface area (Å²) < 4.78 is 27.5. The standard InChI is InChI=1S/C16H13BrF2O/c1-10-4-2-3-5-11(10)6-9-14(20)15-13(18)8-7-12(17)16(15)19/h2-5,7-8H,6,9H2,1H3. The molecule has 0 unspecified atom stereocenters. The maximum atomic E-state index is 13.8. The van der Waals surface area contributed by atoms with E-state index in [-0.39, 0.29) is 10.9 Å². The fraction of sp³-hybridized carbons (Fsp3) is 0.188. The largest absolute Gasteiger partial charge is 0.294 e. The molecule has 0 radical (unpaired) electrons. The minimum atomic E-state index is -0.834. The molecule has 0 aliphatic heterocycles. The second-order valence-electron chi connectivity index (χ2n) is 4.57. The Bertz CT molecular complexity index is 653. The van der Waals surface area contributed by atoms with Crippen LogP contribution in [0.25, 0.3) is 0 Å². The number of rotatable bonds is 4. The Hall–Kier alpha value is -1.55. The summed E-state index contributed by atoms with van der Waals surface area (Å²) in [7, 11) is 0. The Kier molecular flexibility index (Phi) is 4.65. The molecule has 0 aromatic heterocycles. The topological polar surface area (TPSA) is 17.1 Å². The van der Waals surface area contributed by atoms with Crippen molar-refractivity contribution in [2.75, 3.05) is 0 Å². The number of ketones is 1. The highest BCUT2D eigenvalue weighted by atomic mass is 79.9. The predicted octanol–water partition coefficient (Wildman–Crippen LogP) is 4.85. The molecule has 0 fully saturated rings. The van der Waals surface area contributed by atoms with Crippen LogP contribution in [0.15, 0.2) is 40.9 Å². The first-order chi connectivity index (χ1) is 9.50. The van der Waals surface area contributed by atoms with E-state index in [1.165, 1.54) is 6.07 Å². The minimum Gasteiger partial charge on any atom is -0.294 e. The number of halogens is 3. The third-order valence-corrected chi connectivity index (χ3v) is 3.82. The molecule has 0 saturated heterocycles. The van der Waals surface area contributed by atoms with E-state index >= 15 is 0 Å². The van der Waals surface area contributed by atoms with Crippen LogP contribution in [0.2, 0.25) is 0 Å². The Labute approximate surface area is 124 Å². The van der Waals surface area contributed by atoms with Crippen molar-refractivity contribution in [1.29, 1.82) is 0 Å². The van der Waals surface area contributed by atoms with Crippen molar-refractivity contribution in [3.63, 3.8) is 0 Å². The van der Waals surface area contributed by atoms with E-state index in [0.29, 0.717) is 6.42 Å². The van der Waals surface area contributed by atoms with Gasteiger partial charge < -0.3 is 0 Å². The molecule has 0 atom stereocenters. The summed E-state index contributed by atoms with van der Waals surface area (Å²) in [5, 5.41) is 0. The molecule has 4 heteroatoms. The van der Waals surface area contributed by atoms with Crippen molar-refractivity contribution >= 4 is 21.7 Å². The molecular weight excluding hydrogens is 326 g/mol. The van der Waals surface area contributed by atoms with E-state index in [4.69, 9.17) is 0 Å². The van der Waals surface area contributed by atoms with Crippen molar-refractivity contribution < 1.29 is 13.6 Å². The Morgan fingerprint density at radius 1 is 1.15 bits per heavy atom. The maximum absolute atomic E-state index is 13.8. The smallest absolute Gasteiger partial charge is 0.169 e. The van der Waals surface area contributed by atoms with Gasteiger partial charge in [0.1, 0.15) is 5.82 Å². The normalized spacial score (nSPS) is 10.6. The van der Waals surface area contributed by atoms with Gasteiger partial charge in [-0.05, 0) is 52.5 Å². The van der Waals surface area contributed by atoms with Crippen LogP contribution in [0, 0.1) is 18.6 Å². The van der Waals surface area contributed by atoms with Gasteiger partial charge in [0.05, 0.1) is 10.0 Å². The van der Waals surface area contributed by atoms with Gasteiger partial charge in [-0.2, -0.15) is 0 Å². The van der Waals surface area contributed by atoms with E-state index in [0.717, 1.165) is 17.2 Å². The Morgan fingerprint density at radius 2 is 1.85 bits per heavy atom. The summed E-state index contributed by atoms with van der Waals surface area (Å²) in [4.78, 5) is 12.0. The first-order valence-corrected chi connectivity index (χ1v) is 7.01. The van der Waals surface area contributed by atoms with Gasteiger partial charge >= 0.3 is 0 Å². The lowest BCUT2D eigenvalue weighted by Gasteiger charge is -2.07. The van der Waals surface area contributed by atoms with Crippen molar-refractivity contribution in [3.8, 4) is 0 Å². The summed E-state index contributed by atoms with van der Waals surface area (Å²) in [6, 6.07) is 9.99. The fourth-order valence-electron chi connectivity index (χ4n) is 2.05. The highest BCUT2D eigenvalue weighted by Crippen LogP contribution is 2.23. The molecule has 2 aromatic carbocycles. The summed E-state index contributed by atoms with van der Waals surface area (Å²) >= 11 is 2.96. The number of benzene rings is 2. The van der Waals surface area contributed by atoms with Gasteiger partial charge in [0.2, 0.25) is 0 Å². The van der Waals surface area contributed by atoms with Crippen LogP contribution in [0.1, 0.15) is 27.9 Å². The lowest BCUT2D eigenvalue weighted by molar-refractivity contribution is 0.0974. The number of carbonyl (C=O) groups excluding carboxylic acids is 1. The molecule has 0 aliphatic carbocycles. The average Bonchev–Trinajstić information content (AvgIpc) is 2.42. The Balaban J connectivity index is 2.18. The lowest BCUT2D eigenvalue weighted by atomic mass is 9.99. The van der Waals surface area contributed by atoms with Crippen LogP contribution < -0.4 is 0 Å². The molecular formula is C16H13BrF2O. The van der Waals surface area contributed by atoms with Gasteiger partial charge in [0.15, 0.2) is 11.6 Å². The minimum absolute atomic E-state index is 0.0785. The first kappa shape index (κ1) is 14.9. The quantitative estimate of drug-likeness (QED) is 0.575. The summed E-state index contributed by atoms with van der Waals surface area (Å²) in [5.74, 6) is -2.18. The maximum Gasteiger partial charge on any atom is 0.169 e. The molecule has 0 bridgehead atoms. The third-order valence-electron chi connectivity index (χ3n) is 3.21. The number of hydrogen-bond donors (Lipinski definition) is 0. The summed E-state index contributed by atoms with van der Waals surface area (Å²) in [5.41, 5.74) is 1.61. The monoisotopic (exact) mass is 338 g/mol. The van der Waals surface area contributed by atoms with Gasteiger partial charge in [-0.3, -0.25) is 4.79 Å². The number of Topliss-reactive ketones (excluding diaryl/α,β-unsaturated/α-hetero) is 1.